The Hall–Kier alpha value is -4.19. The van der Waals surface area contributed by atoms with Gasteiger partial charge in [-0.25, -0.2) is 0 Å². The predicted molar refractivity (Wildman–Crippen MR) is 348 cm³/mol. The van der Waals surface area contributed by atoms with E-state index < -0.39 is 12.1 Å². The number of unbranched alkanes of at least 4 members (excludes halogenated alkanes) is 29. The summed E-state index contributed by atoms with van der Waals surface area (Å²) in [7, 11) is 0. The molecule has 1 atom stereocenters. The third kappa shape index (κ3) is 64.6. The molecular formula is C74H124O6. The maximum absolute atomic E-state index is 12.8. The highest BCUT2D eigenvalue weighted by molar-refractivity contribution is 5.71. The van der Waals surface area contributed by atoms with Crippen molar-refractivity contribution in [3.05, 3.63) is 122 Å². The second kappa shape index (κ2) is 67.3. The van der Waals surface area contributed by atoms with Gasteiger partial charge in [0.05, 0.1) is 0 Å². The number of hydrogen-bond acceptors (Lipinski definition) is 6. The largest absolute Gasteiger partial charge is 0.462 e. The molecule has 0 bridgehead atoms. The van der Waals surface area contributed by atoms with Crippen molar-refractivity contribution in [2.75, 3.05) is 13.2 Å². The van der Waals surface area contributed by atoms with Crippen LogP contribution in [0.1, 0.15) is 310 Å². The normalized spacial score (nSPS) is 12.9. The summed E-state index contributed by atoms with van der Waals surface area (Å²) >= 11 is 0. The molecule has 0 aliphatic rings. The quantitative estimate of drug-likeness (QED) is 0.0261. The van der Waals surface area contributed by atoms with Crippen LogP contribution in [0.15, 0.2) is 122 Å². The van der Waals surface area contributed by atoms with E-state index in [-0.39, 0.29) is 31.6 Å². The molecule has 6 nitrogen and oxygen atoms in total. The summed E-state index contributed by atoms with van der Waals surface area (Å²) in [5, 5.41) is 0. The molecule has 0 aromatic heterocycles. The van der Waals surface area contributed by atoms with E-state index in [0.717, 1.165) is 109 Å². The molecule has 0 N–H and O–H groups in total. The molecule has 0 aromatic rings. The first-order chi connectivity index (χ1) is 39.5. The third-order valence-electron chi connectivity index (χ3n) is 14.2. The Labute approximate surface area is 494 Å². The molecule has 1 unspecified atom stereocenters. The summed E-state index contributed by atoms with van der Waals surface area (Å²) in [6.45, 7) is 6.40. The molecule has 6 heteroatoms. The standard InChI is InChI=1S/C74H124O6/c1-4-7-10-13-16-19-22-24-26-28-30-31-32-33-34-35-36-37-38-39-40-41-42-43-45-46-48-50-52-55-58-61-64-67-73(76)79-70-71(69-78-72(75)66-63-60-57-54-21-18-15-12-9-6-3)80-74(77)68-65-62-59-56-53-51-49-47-44-29-27-25-23-20-17-14-11-8-5-2/h8,11-12,15,17,20,22,24-25,27-28,30,32-33,44,47,51,53,59,62,71H,4-7,9-10,13-14,16,18-19,21,23,26,29,31,34-43,45-46,48-50,52,54-58,60-61,63-70H2,1-3H3/b11-8-,15-12-,20-17-,24-22-,27-25-,30-28-,33-32-,47-44-,53-51-,62-59-. The van der Waals surface area contributed by atoms with Crippen LogP contribution in [0.3, 0.4) is 0 Å². The molecule has 456 valence electrons. The lowest BCUT2D eigenvalue weighted by atomic mass is 10.0. The van der Waals surface area contributed by atoms with Crippen molar-refractivity contribution >= 4 is 17.9 Å². The lowest BCUT2D eigenvalue weighted by Gasteiger charge is -2.18. The zero-order valence-corrected chi connectivity index (χ0v) is 52.3. The van der Waals surface area contributed by atoms with E-state index >= 15 is 0 Å². The van der Waals surface area contributed by atoms with E-state index in [2.05, 4.69) is 136 Å². The number of rotatable bonds is 60. The van der Waals surface area contributed by atoms with Gasteiger partial charge in [-0.1, -0.05) is 296 Å². The van der Waals surface area contributed by atoms with Gasteiger partial charge in [-0.2, -0.15) is 0 Å². The zero-order chi connectivity index (χ0) is 57.8. The lowest BCUT2D eigenvalue weighted by molar-refractivity contribution is -0.166. The van der Waals surface area contributed by atoms with Crippen molar-refractivity contribution in [1.29, 1.82) is 0 Å². The fraction of sp³-hybridized carbons (Fsp3) is 0.689. The van der Waals surface area contributed by atoms with E-state index in [1.54, 1.807) is 0 Å². The third-order valence-corrected chi connectivity index (χ3v) is 14.2. The van der Waals surface area contributed by atoms with E-state index in [1.807, 2.05) is 6.08 Å². The van der Waals surface area contributed by atoms with Gasteiger partial charge >= 0.3 is 17.9 Å². The fourth-order valence-electron chi connectivity index (χ4n) is 9.19. The molecule has 0 aliphatic carbocycles. The molecule has 0 radical (unpaired) electrons. The Morgan fingerprint density at radius 2 is 0.537 bits per heavy atom. The highest BCUT2D eigenvalue weighted by atomic mass is 16.6. The Kier molecular flexibility index (Phi) is 63.8. The second-order valence-electron chi connectivity index (χ2n) is 22.0. The Bertz CT molecular complexity index is 1650. The van der Waals surface area contributed by atoms with E-state index in [4.69, 9.17) is 14.2 Å². The van der Waals surface area contributed by atoms with Crippen molar-refractivity contribution in [3.63, 3.8) is 0 Å². The lowest BCUT2D eigenvalue weighted by Crippen LogP contribution is -2.30. The number of ether oxygens (including phenoxy) is 3. The minimum absolute atomic E-state index is 0.111. The number of carbonyl (C=O) groups is 3. The number of hydrogen-bond donors (Lipinski definition) is 0. The Balaban J connectivity index is 4.20. The summed E-state index contributed by atoms with van der Waals surface area (Å²) in [5.41, 5.74) is 0. The first-order valence-electron chi connectivity index (χ1n) is 33.5. The van der Waals surface area contributed by atoms with Gasteiger partial charge in [-0.15, -0.1) is 0 Å². The molecule has 0 aliphatic heterocycles. The summed E-state index contributed by atoms with van der Waals surface area (Å²) in [5.74, 6) is -1.00. The van der Waals surface area contributed by atoms with Crippen molar-refractivity contribution in [1.82, 2.24) is 0 Å². The zero-order valence-electron chi connectivity index (χ0n) is 52.3. The summed E-state index contributed by atoms with van der Waals surface area (Å²) in [6, 6.07) is 0. The van der Waals surface area contributed by atoms with Crippen LogP contribution in [-0.2, 0) is 28.6 Å². The number of allylic oxidation sites excluding steroid dienone is 20. The van der Waals surface area contributed by atoms with Crippen molar-refractivity contribution in [3.8, 4) is 0 Å². The number of esters is 3. The van der Waals surface area contributed by atoms with Crippen LogP contribution in [0.5, 0.6) is 0 Å². The van der Waals surface area contributed by atoms with Crippen LogP contribution in [0.4, 0.5) is 0 Å². The highest BCUT2D eigenvalue weighted by Gasteiger charge is 2.19. The highest BCUT2D eigenvalue weighted by Crippen LogP contribution is 2.16. The first-order valence-corrected chi connectivity index (χ1v) is 33.5. The monoisotopic (exact) mass is 1110 g/mol. The van der Waals surface area contributed by atoms with Crippen LogP contribution in [0.25, 0.3) is 0 Å². The Morgan fingerprint density at radius 3 is 0.875 bits per heavy atom. The van der Waals surface area contributed by atoms with Crippen LogP contribution >= 0.6 is 0 Å². The van der Waals surface area contributed by atoms with Crippen LogP contribution in [0, 0.1) is 0 Å². The van der Waals surface area contributed by atoms with Gasteiger partial charge in [0.25, 0.3) is 0 Å². The topological polar surface area (TPSA) is 78.9 Å². The van der Waals surface area contributed by atoms with Gasteiger partial charge in [-0.05, 0) is 116 Å². The molecule has 80 heavy (non-hydrogen) atoms. The Morgan fingerprint density at radius 1 is 0.263 bits per heavy atom. The molecule has 0 rings (SSSR count). The average Bonchev–Trinajstić information content (AvgIpc) is 3.46. The molecule has 0 aromatic carbocycles. The maximum atomic E-state index is 12.8. The van der Waals surface area contributed by atoms with Gasteiger partial charge in [0.1, 0.15) is 13.2 Å². The average molecular weight is 1110 g/mol. The molecule has 0 amide bonds. The second-order valence-corrected chi connectivity index (χ2v) is 22.0. The minimum Gasteiger partial charge on any atom is -0.462 e. The molecule has 0 heterocycles. The van der Waals surface area contributed by atoms with Gasteiger partial charge in [0.15, 0.2) is 6.10 Å². The first kappa shape index (κ1) is 75.8. The molecule has 0 spiro atoms. The number of carbonyl (C=O) groups excluding carboxylic acids is 3. The molecular weight excluding hydrogens is 985 g/mol. The van der Waals surface area contributed by atoms with Crippen LogP contribution < -0.4 is 0 Å². The van der Waals surface area contributed by atoms with E-state index in [1.165, 1.54) is 154 Å². The van der Waals surface area contributed by atoms with Crippen molar-refractivity contribution < 1.29 is 28.6 Å². The molecule has 0 saturated carbocycles. The van der Waals surface area contributed by atoms with Crippen LogP contribution in [-0.4, -0.2) is 37.2 Å². The predicted octanol–water partition coefficient (Wildman–Crippen LogP) is 23.2. The van der Waals surface area contributed by atoms with Crippen LogP contribution in [0.2, 0.25) is 0 Å². The summed E-state index contributed by atoms with van der Waals surface area (Å²) < 4.78 is 16.8. The smallest absolute Gasteiger partial charge is 0.306 e. The molecule has 0 fully saturated rings. The molecule has 0 saturated heterocycles. The SMILES string of the molecule is CC/C=C\C/C=C\C/C=C\C/C=C\C/C=C\C/C=C\CCC(=O)OC(COC(=O)CCCCCCC/C=C\CCC)COC(=O)CCCCCCCCCCCCCCCCCCCC/C=C\C/C=C\C/C=C\CCCCCCC. The maximum Gasteiger partial charge on any atom is 0.306 e. The van der Waals surface area contributed by atoms with E-state index in [0.29, 0.717) is 19.3 Å². The van der Waals surface area contributed by atoms with Gasteiger partial charge in [0.2, 0.25) is 0 Å². The summed E-state index contributed by atoms with van der Waals surface area (Å²) in [4.78, 5) is 38.2. The van der Waals surface area contributed by atoms with Crippen molar-refractivity contribution in [2.45, 2.75) is 316 Å². The van der Waals surface area contributed by atoms with Gasteiger partial charge < -0.3 is 14.2 Å². The summed E-state index contributed by atoms with van der Waals surface area (Å²) in [6.07, 6.45) is 94.0. The van der Waals surface area contributed by atoms with E-state index in [9.17, 15) is 14.4 Å². The van der Waals surface area contributed by atoms with Gasteiger partial charge in [0, 0.05) is 19.3 Å². The minimum atomic E-state index is -0.824. The fourth-order valence-corrected chi connectivity index (χ4v) is 9.19. The van der Waals surface area contributed by atoms with Crippen molar-refractivity contribution in [2.24, 2.45) is 0 Å². The van der Waals surface area contributed by atoms with Gasteiger partial charge in [-0.3, -0.25) is 14.4 Å².